The van der Waals surface area contributed by atoms with E-state index in [-0.39, 0.29) is 13.0 Å². The van der Waals surface area contributed by atoms with Crippen LogP contribution in [0.4, 0.5) is 0 Å². The Bertz CT molecular complexity index is 392. The van der Waals surface area contributed by atoms with Gasteiger partial charge in [0.15, 0.2) is 0 Å². The first kappa shape index (κ1) is 14.2. The molecule has 0 fully saturated rings. The molecule has 0 aliphatic carbocycles. The monoisotopic (exact) mass is 322 g/mol. The van der Waals surface area contributed by atoms with Crippen LogP contribution in [0, 0.1) is 6.92 Å². The van der Waals surface area contributed by atoms with E-state index in [4.69, 9.17) is 22.2 Å². The van der Waals surface area contributed by atoms with Crippen LogP contribution < -0.4 is 16.2 Å². The second-order valence-electron chi connectivity index (χ2n) is 3.22. The van der Waals surface area contributed by atoms with Crippen molar-refractivity contribution in [3.05, 3.63) is 27.2 Å². The summed E-state index contributed by atoms with van der Waals surface area (Å²) in [5.41, 5.74) is 2.69. The van der Waals surface area contributed by atoms with Gasteiger partial charge in [0, 0.05) is 4.47 Å². The van der Waals surface area contributed by atoms with Crippen LogP contribution in [0.5, 0.6) is 5.75 Å². The number of hydrogen-bond donors (Lipinski definition) is 2. The van der Waals surface area contributed by atoms with Gasteiger partial charge in [0.05, 0.1) is 18.1 Å². The van der Waals surface area contributed by atoms with Gasteiger partial charge < -0.3 is 9.57 Å². The summed E-state index contributed by atoms with van der Waals surface area (Å²) in [7, 11) is 0. The van der Waals surface area contributed by atoms with E-state index in [2.05, 4.69) is 20.8 Å². The molecular weight excluding hydrogens is 311 g/mol. The Kier molecular flexibility index (Phi) is 5.70. The molecule has 0 bridgehead atoms. The quantitative estimate of drug-likeness (QED) is 0.641. The normalized spacial score (nSPS) is 10.1. The van der Waals surface area contributed by atoms with E-state index in [1.165, 1.54) is 0 Å². The Morgan fingerprint density at radius 1 is 1.59 bits per heavy atom. The second kappa shape index (κ2) is 6.80. The number of rotatable bonds is 5. The molecule has 17 heavy (non-hydrogen) atoms. The van der Waals surface area contributed by atoms with E-state index in [9.17, 15) is 4.79 Å². The van der Waals surface area contributed by atoms with E-state index in [1.807, 2.05) is 18.6 Å². The molecule has 5 nitrogen and oxygen atoms in total. The third-order valence-corrected chi connectivity index (χ3v) is 2.66. The van der Waals surface area contributed by atoms with Crippen LogP contribution in [0.25, 0.3) is 0 Å². The molecule has 0 aliphatic heterocycles. The van der Waals surface area contributed by atoms with Crippen LogP contribution in [0.2, 0.25) is 5.02 Å². The summed E-state index contributed by atoms with van der Waals surface area (Å²) in [6.07, 6.45) is 0.0794. The average molecular weight is 324 g/mol. The molecule has 0 amide bonds. The van der Waals surface area contributed by atoms with Gasteiger partial charge in [0.25, 0.3) is 0 Å². The van der Waals surface area contributed by atoms with Crippen LogP contribution in [-0.4, -0.2) is 12.6 Å². The lowest BCUT2D eigenvalue weighted by atomic mass is 10.2. The van der Waals surface area contributed by atoms with Crippen LogP contribution >= 0.6 is 27.5 Å². The highest BCUT2D eigenvalue weighted by atomic mass is 79.9. The number of nitrogens with two attached hydrogens (primary N) is 1. The maximum Gasteiger partial charge on any atom is 0.329 e. The first-order valence-electron chi connectivity index (χ1n) is 4.78. The molecule has 0 radical (unpaired) electrons. The summed E-state index contributed by atoms with van der Waals surface area (Å²) in [4.78, 5) is 15.3. The number of hydrazine groups is 1. The Hall–Kier alpha value is -0.820. The third kappa shape index (κ3) is 4.51. The molecule has 0 atom stereocenters. The molecule has 0 heterocycles. The SMILES string of the molecule is Cc1cc(Br)cc(Cl)c1OCCC(=O)ONN. The first-order chi connectivity index (χ1) is 8.04. The number of carbonyl (C=O) groups is 1. The van der Waals surface area contributed by atoms with Crippen molar-refractivity contribution in [3.63, 3.8) is 0 Å². The van der Waals surface area contributed by atoms with Crippen molar-refractivity contribution < 1.29 is 14.4 Å². The van der Waals surface area contributed by atoms with Gasteiger partial charge in [0.2, 0.25) is 0 Å². The summed E-state index contributed by atoms with van der Waals surface area (Å²) < 4.78 is 6.29. The summed E-state index contributed by atoms with van der Waals surface area (Å²) in [5.74, 6) is 4.87. The minimum Gasteiger partial charge on any atom is -0.491 e. The fourth-order valence-electron chi connectivity index (χ4n) is 1.22. The zero-order valence-electron chi connectivity index (χ0n) is 9.13. The summed E-state index contributed by atoms with van der Waals surface area (Å²) in [5, 5.41) is 0.488. The van der Waals surface area contributed by atoms with E-state index < -0.39 is 5.97 Å². The van der Waals surface area contributed by atoms with E-state index >= 15 is 0 Å². The molecule has 0 saturated heterocycles. The highest BCUT2D eigenvalue weighted by Gasteiger charge is 2.09. The number of ether oxygens (including phenoxy) is 1. The van der Waals surface area contributed by atoms with Gasteiger partial charge in [-0.05, 0) is 24.6 Å². The number of halogens is 2. The molecular formula is C10H12BrClN2O3. The molecule has 1 aromatic rings. The third-order valence-electron chi connectivity index (χ3n) is 1.92. The van der Waals surface area contributed by atoms with Gasteiger partial charge in [-0.25, -0.2) is 5.84 Å². The predicted molar refractivity (Wildman–Crippen MR) is 67.4 cm³/mol. The van der Waals surface area contributed by atoms with Gasteiger partial charge in [-0.3, -0.25) is 4.79 Å². The average Bonchev–Trinajstić information content (AvgIpc) is 2.22. The van der Waals surface area contributed by atoms with Crippen LogP contribution in [0.15, 0.2) is 16.6 Å². The maximum absolute atomic E-state index is 11.0. The summed E-state index contributed by atoms with van der Waals surface area (Å²) >= 11 is 9.33. The molecule has 1 rings (SSSR count). The topological polar surface area (TPSA) is 73.6 Å². The standard InChI is InChI=1S/C10H12BrClN2O3/c1-6-4-7(11)5-8(12)10(6)16-3-2-9(15)17-14-13/h4-5,14H,2-3,13H2,1H3. The Balaban J connectivity index is 2.55. The lowest BCUT2D eigenvalue weighted by Crippen LogP contribution is -2.27. The zero-order valence-corrected chi connectivity index (χ0v) is 11.5. The van der Waals surface area contributed by atoms with Gasteiger partial charge >= 0.3 is 5.97 Å². The molecule has 0 aromatic heterocycles. The lowest BCUT2D eigenvalue weighted by Gasteiger charge is -2.11. The Morgan fingerprint density at radius 3 is 2.88 bits per heavy atom. The van der Waals surface area contributed by atoms with Crippen molar-refractivity contribution in [3.8, 4) is 5.75 Å². The van der Waals surface area contributed by atoms with Crippen molar-refractivity contribution in [2.24, 2.45) is 5.84 Å². The second-order valence-corrected chi connectivity index (χ2v) is 4.55. The minimum absolute atomic E-state index is 0.0794. The predicted octanol–water partition coefficient (Wildman–Crippen LogP) is 2.10. The van der Waals surface area contributed by atoms with Crippen molar-refractivity contribution in [2.45, 2.75) is 13.3 Å². The smallest absolute Gasteiger partial charge is 0.329 e. The number of carbonyl (C=O) groups excluding carboxylic acids is 1. The van der Waals surface area contributed by atoms with E-state index in [0.29, 0.717) is 10.8 Å². The fourth-order valence-corrected chi connectivity index (χ4v) is 2.25. The van der Waals surface area contributed by atoms with Crippen molar-refractivity contribution in [1.29, 1.82) is 0 Å². The number of benzene rings is 1. The van der Waals surface area contributed by atoms with Crippen molar-refractivity contribution >= 4 is 33.5 Å². The molecule has 1 aromatic carbocycles. The molecule has 0 spiro atoms. The van der Waals surface area contributed by atoms with Crippen molar-refractivity contribution in [2.75, 3.05) is 6.61 Å². The van der Waals surface area contributed by atoms with Crippen LogP contribution in [-0.2, 0) is 9.63 Å². The summed E-state index contributed by atoms with van der Waals surface area (Å²) in [6, 6.07) is 3.60. The number of hydrogen-bond acceptors (Lipinski definition) is 5. The largest absolute Gasteiger partial charge is 0.491 e. The highest BCUT2D eigenvalue weighted by molar-refractivity contribution is 9.10. The Labute approximate surface area is 112 Å². The zero-order chi connectivity index (χ0) is 12.8. The van der Waals surface area contributed by atoms with Crippen molar-refractivity contribution in [1.82, 2.24) is 5.59 Å². The Morgan fingerprint density at radius 2 is 2.29 bits per heavy atom. The molecule has 0 aliphatic rings. The fraction of sp³-hybridized carbons (Fsp3) is 0.300. The molecule has 7 heteroatoms. The number of nitrogens with one attached hydrogen (secondary N) is 1. The highest BCUT2D eigenvalue weighted by Crippen LogP contribution is 2.31. The molecule has 3 N–H and O–H groups in total. The first-order valence-corrected chi connectivity index (χ1v) is 5.95. The van der Waals surface area contributed by atoms with E-state index in [0.717, 1.165) is 10.0 Å². The van der Waals surface area contributed by atoms with Gasteiger partial charge in [0.1, 0.15) is 5.75 Å². The van der Waals surface area contributed by atoms with Gasteiger partial charge in [-0.15, -0.1) is 0 Å². The molecule has 0 unspecified atom stereocenters. The van der Waals surface area contributed by atoms with Gasteiger partial charge in [-0.1, -0.05) is 33.1 Å². The van der Waals surface area contributed by atoms with Crippen LogP contribution in [0.3, 0.4) is 0 Å². The summed E-state index contributed by atoms with van der Waals surface area (Å²) in [6.45, 7) is 2.04. The lowest BCUT2D eigenvalue weighted by molar-refractivity contribution is -0.151. The number of aryl methyl sites for hydroxylation is 1. The molecule has 0 saturated carbocycles. The molecule has 94 valence electrons. The minimum atomic E-state index is -0.501. The van der Waals surface area contributed by atoms with E-state index in [1.54, 1.807) is 6.07 Å². The van der Waals surface area contributed by atoms with Gasteiger partial charge in [-0.2, -0.15) is 0 Å². The maximum atomic E-state index is 11.0. The van der Waals surface area contributed by atoms with Crippen LogP contribution in [0.1, 0.15) is 12.0 Å².